The van der Waals surface area contributed by atoms with E-state index in [1.807, 2.05) is 27.7 Å². The summed E-state index contributed by atoms with van der Waals surface area (Å²) >= 11 is 0. The van der Waals surface area contributed by atoms with Crippen molar-refractivity contribution in [1.82, 2.24) is 4.90 Å². The highest BCUT2D eigenvalue weighted by atomic mass is 16.6. The van der Waals surface area contributed by atoms with E-state index in [0.29, 0.717) is 5.92 Å². The summed E-state index contributed by atoms with van der Waals surface area (Å²) in [4.78, 5) is 13.5. The predicted octanol–water partition coefficient (Wildman–Crippen LogP) is 2.82. The Kier molecular flexibility index (Phi) is 3.42. The van der Waals surface area contributed by atoms with Crippen LogP contribution in [0, 0.1) is 5.92 Å². The lowest BCUT2D eigenvalue weighted by molar-refractivity contribution is 0.0290. The van der Waals surface area contributed by atoms with Crippen molar-refractivity contribution in [3.05, 3.63) is 12.2 Å². The van der Waals surface area contributed by atoms with Gasteiger partial charge in [-0.1, -0.05) is 12.2 Å². The number of likely N-dealkylation sites (tertiary alicyclic amines) is 1. The van der Waals surface area contributed by atoms with Crippen LogP contribution in [0.25, 0.3) is 0 Å². The summed E-state index contributed by atoms with van der Waals surface area (Å²) < 4.78 is 5.31. The molecule has 3 nitrogen and oxygen atoms in total. The molecule has 0 saturated carbocycles. The summed E-state index contributed by atoms with van der Waals surface area (Å²) in [5, 5.41) is 0. The maximum absolute atomic E-state index is 11.7. The van der Waals surface area contributed by atoms with Crippen molar-refractivity contribution in [3.63, 3.8) is 0 Å². The van der Waals surface area contributed by atoms with Crippen LogP contribution in [-0.2, 0) is 4.74 Å². The van der Waals surface area contributed by atoms with Crippen molar-refractivity contribution in [1.29, 1.82) is 0 Å². The fourth-order valence-electron chi connectivity index (χ4n) is 1.65. The van der Waals surface area contributed by atoms with E-state index in [-0.39, 0.29) is 6.09 Å². The molecule has 0 aliphatic carbocycles. The first-order chi connectivity index (χ1) is 6.79. The number of carbonyl (C=O) groups is 1. The van der Waals surface area contributed by atoms with Crippen molar-refractivity contribution in [2.45, 2.75) is 39.7 Å². The highest BCUT2D eigenvalue weighted by Crippen LogP contribution is 2.23. The molecule has 0 aromatic rings. The van der Waals surface area contributed by atoms with Crippen LogP contribution >= 0.6 is 0 Å². The number of hydrogen-bond acceptors (Lipinski definition) is 2. The van der Waals surface area contributed by atoms with Crippen LogP contribution in [0.2, 0.25) is 0 Å². The molecule has 0 radical (unpaired) electrons. The van der Waals surface area contributed by atoms with E-state index in [1.165, 1.54) is 0 Å². The van der Waals surface area contributed by atoms with Gasteiger partial charge in [0, 0.05) is 13.1 Å². The largest absolute Gasteiger partial charge is 0.444 e. The average molecular weight is 211 g/mol. The minimum absolute atomic E-state index is 0.203. The summed E-state index contributed by atoms with van der Waals surface area (Å²) in [7, 11) is 0. The summed E-state index contributed by atoms with van der Waals surface area (Å²) in [5.41, 5.74) is 0.749. The van der Waals surface area contributed by atoms with Gasteiger partial charge in [0.1, 0.15) is 5.60 Å². The highest BCUT2D eigenvalue weighted by Gasteiger charge is 2.29. The zero-order chi connectivity index (χ0) is 11.6. The van der Waals surface area contributed by atoms with Crippen LogP contribution in [0.15, 0.2) is 12.2 Å². The lowest BCUT2D eigenvalue weighted by Gasteiger charge is -2.24. The Morgan fingerprint density at radius 3 is 2.47 bits per heavy atom. The lowest BCUT2D eigenvalue weighted by atomic mass is 10.0. The number of rotatable bonds is 1. The van der Waals surface area contributed by atoms with E-state index < -0.39 is 5.60 Å². The zero-order valence-electron chi connectivity index (χ0n) is 10.2. The molecule has 0 spiro atoms. The van der Waals surface area contributed by atoms with Crippen molar-refractivity contribution >= 4 is 6.09 Å². The fourth-order valence-corrected chi connectivity index (χ4v) is 1.65. The molecule has 1 heterocycles. The number of carbonyl (C=O) groups excluding carboxylic acids is 1. The number of nitrogens with zero attached hydrogens (tertiary/aromatic N) is 1. The SMILES string of the molecule is C=C(C)C1CCN(C(=O)OC(C)(C)C)C1. The van der Waals surface area contributed by atoms with E-state index in [2.05, 4.69) is 6.58 Å². The molecule has 1 amide bonds. The predicted molar refractivity (Wildman–Crippen MR) is 60.7 cm³/mol. The van der Waals surface area contributed by atoms with Gasteiger partial charge in [-0.25, -0.2) is 4.79 Å². The van der Waals surface area contributed by atoms with Crippen LogP contribution in [-0.4, -0.2) is 29.7 Å². The number of ether oxygens (including phenoxy) is 1. The molecule has 1 unspecified atom stereocenters. The second-order valence-electron chi connectivity index (χ2n) is 5.26. The van der Waals surface area contributed by atoms with E-state index in [1.54, 1.807) is 4.90 Å². The second-order valence-corrected chi connectivity index (χ2v) is 5.26. The molecule has 0 aromatic carbocycles. The number of hydrogen-bond donors (Lipinski definition) is 0. The van der Waals surface area contributed by atoms with Crippen LogP contribution in [0.3, 0.4) is 0 Å². The van der Waals surface area contributed by atoms with Gasteiger partial charge in [0.2, 0.25) is 0 Å². The third-order valence-electron chi connectivity index (χ3n) is 2.54. The molecule has 1 atom stereocenters. The Morgan fingerprint density at radius 1 is 1.47 bits per heavy atom. The first-order valence-corrected chi connectivity index (χ1v) is 5.43. The normalized spacial score (nSPS) is 21.6. The van der Waals surface area contributed by atoms with Crippen LogP contribution in [0.4, 0.5) is 4.79 Å². The van der Waals surface area contributed by atoms with Gasteiger partial charge >= 0.3 is 6.09 Å². The maximum Gasteiger partial charge on any atom is 0.410 e. The fraction of sp³-hybridized carbons (Fsp3) is 0.750. The summed E-state index contributed by atoms with van der Waals surface area (Å²) in [6.07, 6.45) is 0.806. The Bertz CT molecular complexity index is 265. The molecular formula is C12H21NO2. The number of amides is 1. The minimum atomic E-state index is -0.404. The van der Waals surface area contributed by atoms with Gasteiger partial charge in [-0.3, -0.25) is 0 Å². The molecule has 1 saturated heterocycles. The second kappa shape index (κ2) is 4.25. The van der Waals surface area contributed by atoms with Gasteiger partial charge in [0.15, 0.2) is 0 Å². The molecular weight excluding hydrogens is 190 g/mol. The molecule has 1 aliphatic heterocycles. The van der Waals surface area contributed by atoms with Gasteiger partial charge in [-0.15, -0.1) is 0 Å². The van der Waals surface area contributed by atoms with E-state index in [4.69, 9.17) is 4.74 Å². The van der Waals surface area contributed by atoms with E-state index >= 15 is 0 Å². The summed E-state index contributed by atoms with van der Waals surface area (Å²) in [6.45, 7) is 13.1. The molecule has 1 rings (SSSR count). The quantitative estimate of drug-likeness (QED) is 0.624. The molecule has 0 bridgehead atoms. The van der Waals surface area contributed by atoms with Crippen LogP contribution in [0.5, 0.6) is 0 Å². The van der Waals surface area contributed by atoms with Crippen molar-refractivity contribution < 1.29 is 9.53 Å². The first kappa shape index (κ1) is 12.1. The Labute approximate surface area is 92.1 Å². The molecule has 0 N–H and O–H groups in total. The third kappa shape index (κ3) is 3.57. The minimum Gasteiger partial charge on any atom is -0.444 e. The maximum atomic E-state index is 11.7. The monoisotopic (exact) mass is 211 g/mol. The van der Waals surface area contributed by atoms with Crippen molar-refractivity contribution in [2.75, 3.05) is 13.1 Å². The third-order valence-corrected chi connectivity index (χ3v) is 2.54. The van der Waals surface area contributed by atoms with Crippen molar-refractivity contribution in [3.8, 4) is 0 Å². The Balaban J connectivity index is 2.47. The van der Waals surface area contributed by atoms with Gasteiger partial charge in [0.25, 0.3) is 0 Å². The van der Waals surface area contributed by atoms with Gasteiger partial charge in [0.05, 0.1) is 0 Å². The molecule has 15 heavy (non-hydrogen) atoms. The van der Waals surface area contributed by atoms with Crippen LogP contribution < -0.4 is 0 Å². The average Bonchev–Trinajstić information content (AvgIpc) is 2.47. The smallest absolute Gasteiger partial charge is 0.410 e. The Hall–Kier alpha value is -0.990. The van der Waals surface area contributed by atoms with Crippen LogP contribution in [0.1, 0.15) is 34.1 Å². The van der Waals surface area contributed by atoms with Gasteiger partial charge in [-0.05, 0) is 40.0 Å². The molecule has 3 heteroatoms. The topological polar surface area (TPSA) is 29.5 Å². The molecule has 0 aromatic heterocycles. The molecule has 1 fully saturated rings. The highest BCUT2D eigenvalue weighted by molar-refractivity contribution is 5.68. The molecule has 86 valence electrons. The van der Waals surface area contributed by atoms with E-state index in [0.717, 1.165) is 25.1 Å². The van der Waals surface area contributed by atoms with Crippen molar-refractivity contribution in [2.24, 2.45) is 5.92 Å². The summed E-state index contributed by atoms with van der Waals surface area (Å²) in [6, 6.07) is 0. The lowest BCUT2D eigenvalue weighted by Crippen LogP contribution is -2.35. The Morgan fingerprint density at radius 2 is 2.07 bits per heavy atom. The van der Waals surface area contributed by atoms with E-state index in [9.17, 15) is 4.79 Å². The van der Waals surface area contributed by atoms with Gasteiger partial charge in [-0.2, -0.15) is 0 Å². The summed E-state index contributed by atoms with van der Waals surface area (Å²) in [5.74, 6) is 0.442. The van der Waals surface area contributed by atoms with Gasteiger partial charge < -0.3 is 9.64 Å². The standard InChI is InChI=1S/C12H21NO2/c1-9(2)10-6-7-13(8-10)11(14)15-12(3,4)5/h10H,1,6-8H2,2-5H3. The molecule has 1 aliphatic rings. The zero-order valence-corrected chi connectivity index (χ0v) is 10.2. The first-order valence-electron chi connectivity index (χ1n) is 5.43.